The first kappa shape index (κ1) is 16.4. The first-order chi connectivity index (χ1) is 10.1. The van der Waals surface area contributed by atoms with Crippen LogP contribution in [0, 0.1) is 0 Å². The monoisotopic (exact) mass is 313 g/mol. The van der Waals surface area contributed by atoms with Crippen LogP contribution in [-0.2, 0) is 16.6 Å². The molecular formula is C14H23N3O3S. The first-order valence-corrected chi connectivity index (χ1v) is 8.81. The summed E-state index contributed by atoms with van der Waals surface area (Å²) in [7, 11) is -3.62. The number of pyridine rings is 1. The van der Waals surface area contributed by atoms with E-state index < -0.39 is 10.0 Å². The van der Waals surface area contributed by atoms with Gasteiger partial charge in [-0.2, -0.15) is 4.31 Å². The number of hydrogen-bond acceptors (Lipinski definition) is 5. The summed E-state index contributed by atoms with van der Waals surface area (Å²) in [4.78, 5) is 4.22. The normalized spacial score (nSPS) is 17.3. The van der Waals surface area contributed by atoms with Gasteiger partial charge in [0.15, 0.2) is 0 Å². The van der Waals surface area contributed by atoms with Crippen LogP contribution in [0.1, 0.15) is 37.8 Å². The molecule has 1 heterocycles. The van der Waals surface area contributed by atoms with Gasteiger partial charge in [-0.05, 0) is 25.0 Å². The van der Waals surface area contributed by atoms with E-state index >= 15 is 0 Å². The molecule has 1 aliphatic rings. The van der Waals surface area contributed by atoms with Gasteiger partial charge in [-0.3, -0.25) is 4.98 Å². The molecule has 118 valence electrons. The van der Waals surface area contributed by atoms with Crippen LogP contribution in [0.5, 0.6) is 0 Å². The minimum atomic E-state index is -3.62. The molecule has 0 bridgehead atoms. The average Bonchev–Trinajstić information content (AvgIpc) is 2.53. The summed E-state index contributed by atoms with van der Waals surface area (Å²) in [5.74, 6) is 0. The Bertz CT molecular complexity index is 539. The van der Waals surface area contributed by atoms with Gasteiger partial charge in [0, 0.05) is 25.3 Å². The highest BCUT2D eigenvalue weighted by molar-refractivity contribution is 7.89. The van der Waals surface area contributed by atoms with Crippen molar-refractivity contribution >= 4 is 10.0 Å². The van der Waals surface area contributed by atoms with E-state index in [9.17, 15) is 13.5 Å². The standard InChI is InChI=1S/C14H23N3O3S/c15-10-12-6-7-14(11-16-12)21(19,20)17(8-9-18)13-4-2-1-3-5-13/h6-7,11,13,18H,1-5,8-10,15H2. The Labute approximate surface area is 126 Å². The summed E-state index contributed by atoms with van der Waals surface area (Å²) < 4.78 is 27.0. The minimum absolute atomic E-state index is 0.0231. The quantitative estimate of drug-likeness (QED) is 0.812. The fourth-order valence-electron chi connectivity index (χ4n) is 2.79. The molecule has 1 fully saturated rings. The molecule has 3 N–H and O–H groups in total. The largest absolute Gasteiger partial charge is 0.395 e. The van der Waals surface area contributed by atoms with E-state index in [-0.39, 0.29) is 30.6 Å². The molecule has 7 heteroatoms. The lowest BCUT2D eigenvalue weighted by Gasteiger charge is -2.32. The zero-order valence-electron chi connectivity index (χ0n) is 12.1. The van der Waals surface area contributed by atoms with Crippen LogP contribution in [0.3, 0.4) is 0 Å². The van der Waals surface area contributed by atoms with Gasteiger partial charge >= 0.3 is 0 Å². The molecule has 1 aromatic heterocycles. The topological polar surface area (TPSA) is 96.5 Å². The summed E-state index contributed by atoms with van der Waals surface area (Å²) >= 11 is 0. The summed E-state index contributed by atoms with van der Waals surface area (Å²) in [5.41, 5.74) is 6.13. The van der Waals surface area contributed by atoms with Gasteiger partial charge in [-0.15, -0.1) is 0 Å². The molecule has 0 aromatic carbocycles. The Balaban J connectivity index is 2.27. The van der Waals surface area contributed by atoms with Gasteiger partial charge in [-0.1, -0.05) is 19.3 Å². The molecule has 6 nitrogen and oxygen atoms in total. The molecule has 21 heavy (non-hydrogen) atoms. The predicted octanol–water partition coefficient (Wildman–Crippen LogP) is 0.856. The third kappa shape index (κ3) is 3.79. The van der Waals surface area contributed by atoms with E-state index in [1.807, 2.05) is 0 Å². The van der Waals surface area contributed by atoms with Crippen molar-refractivity contribution in [3.05, 3.63) is 24.0 Å². The fourth-order valence-corrected chi connectivity index (χ4v) is 4.41. The van der Waals surface area contributed by atoms with Crippen molar-refractivity contribution in [2.24, 2.45) is 5.73 Å². The maximum absolute atomic E-state index is 12.8. The molecule has 2 rings (SSSR count). The van der Waals surface area contributed by atoms with E-state index in [0.717, 1.165) is 32.1 Å². The number of nitrogens with zero attached hydrogens (tertiary/aromatic N) is 2. The second kappa shape index (κ2) is 7.31. The fraction of sp³-hybridized carbons (Fsp3) is 0.643. The molecule has 0 saturated heterocycles. The Morgan fingerprint density at radius 1 is 1.29 bits per heavy atom. The Kier molecular flexibility index (Phi) is 5.69. The van der Waals surface area contributed by atoms with E-state index in [2.05, 4.69) is 4.98 Å². The molecule has 0 unspecified atom stereocenters. The van der Waals surface area contributed by atoms with Crippen LogP contribution in [0.4, 0.5) is 0 Å². The lowest BCUT2D eigenvalue weighted by molar-refractivity contribution is 0.199. The van der Waals surface area contributed by atoms with Crippen LogP contribution in [0.25, 0.3) is 0 Å². The van der Waals surface area contributed by atoms with Crippen molar-refractivity contribution in [2.45, 2.75) is 49.6 Å². The molecule has 0 amide bonds. The van der Waals surface area contributed by atoms with E-state index in [0.29, 0.717) is 5.69 Å². The van der Waals surface area contributed by atoms with Crippen LogP contribution < -0.4 is 5.73 Å². The predicted molar refractivity (Wildman–Crippen MR) is 80.0 cm³/mol. The van der Waals surface area contributed by atoms with E-state index in [1.54, 1.807) is 6.07 Å². The average molecular weight is 313 g/mol. The smallest absolute Gasteiger partial charge is 0.244 e. The minimum Gasteiger partial charge on any atom is -0.395 e. The highest BCUT2D eigenvalue weighted by Gasteiger charge is 2.32. The summed E-state index contributed by atoms with van der Waals surface area (Å²) in [6.45, 7) is 0.235. The Morgan fingerprint density at radius 2 is 2.00 bits per heavy atom. The molecule has 0 atom stereocenters. The summed E-state index contributed by atoms with van der Waals surface area (Å²) in [6, 6.07) is 3.15. The molecular weight excluding hydrogens is 290 g/mol. The lowest BCUT2D eigenvalue weighted by Crippen LogP contribution is -2.43. The number of aliphatic hydroxyl groups excluding tert-OH is 1. The van der Waals surface area contributed by atoms with Gasteiger partial charge in [0.1, 0.15) is 4.90 Å². The highest BCUT2D eigenvalue weighted by Crippen LogP contribution is 2.27. The zero-order chi connectivity index (χ0) is 15.3. The third-order valence-corrected chi connectivity index (χ3v) is 5.85. The SMILES string of the molecule is NCc1ccc(S(=O)(=O)N(CCO)C2CCCCC2)cn1. The van der Waals surface area contributed by atoms with Crippen molar-refractivity contribution in [3.63, 3.8) is 0 Å². The van der Waals surface area contributed by atoms with Gasteiger partial charge in [0.05, 0.1) is 12.3 Å². The molecule has 0 spiro atoms. The molecule has 0 aliphatic heterocycles. The number of rotatable bonds is 6. The van der Waals surface area contributed by atoms with Crippen LogP contribution >= 0.6 is 0 Å². The van der Waals surface area contributed by atoms with Gasteiger partial charge in [0.2, 0.25) is 10.0 Å². The second-order valence-corrected chi connectivity index (χ2v) is 7.21. The lowest BCUT2D eigenvalue weighted by atomic mass is 9.95. The van der Waals surface area contributed by atoms with E-state index in [4.69, 9.17) is 5.73 Å². The molecule has 1 aliphatic carbocycles. The van der Waals surface area contributed by atoms with Gasteiger partial charge < -0.3 is 10.8 Å². The van der Waals surface area contributed by atoms with Crippen molar-refractivity contribution in [2.75, 3.05) is 13.2 Å². The van der Waals surface area contributed by atoms with Crippen molar-refractivity contribution in [1.82, 2.24) is 9.29 Å². The number of sulfonamides is 1. The number of nitrogens with two attached hydrogens (primary N) is 1. The maximum Gasteiger partial charge on any atom is 0.244 e. The number of hydrogen-bond donors (Lipinski definition) is 2. The molecule has 0 radical (unpaired) electrons. The third-order valence-electron chi connectivity index (χ3n) is 3.92. The summed E-state index contributed by atoms with van der Waals surface area (Å²) in [6.07, 6.45) is 6.28. The Morgan fingerprint density at radius 3 is 2.52 bits per heavy atom. The van der Waals surface area contributed by atoms with Gasteiger partial charge in [-0.25, -0.2) is 8.42 Å². The van der Waals surface area contributed by atoms with Crippen LogP contribution in [-0.4, -0.2) is 42.0 Å². The van der Waals surface area contributed by atoms with E-state index in [1.165, 1.54) is 16.6 Å². The molecule has 1 aromatic rings. The van der Waals surface area contributed by atoms with Crippen LogP contribution in [0.15, 0.2) is 23.2 Å². The van der Waals surface area contributed by atoms with Crippen molar-refractivity contribution < 1.29 is 13.5 Å². The first-order valence-electron chi connectivity index (χ1n) is 7.37. The summed E-state index contributed by atoms with van der Waals surface area (Å²) in [5, 5.41) is 9.22. The second-order valence-electron chi connectivity index (χ2n) is 5.32. The number of aromatic nitrogens is 1. The zero-order valence-corrected chi connectivity index (χ0v) is 12.9. The van der Waals surface area contributed by atoms with Crippen LogP contribution in [0.2, 0.25) is 0 Å². The highest BCUT2D eigenvalue weighted by atomic mass is 32.2. The Hall–Kier alpha value is -1.02. The van der Waals surface area contributed by atoms with Gasteiger partial charge in [0.25, 0.3) is 0 Å². The van der Waals surface area contributed by atoms with Crippen molar-refractivity contribution in [1.29, 1.82) is 0 Å². The number of aliphatic hydroxyl groups is 1. The van der Waals surface area contributed by atoms with Crippen molar-refractivity contribution in [3.8, 4) is 0 Å². The maximum atomic E-state index is 12.8. The molecule has 1 saturated carbocycles.